The first-order chi connectivity index (χ1) is 7.69. The Hall–Kier alpha value is -1.87. The smallest absolute Gasteiger partial charge is 0.222 e. The molecule has 0 spiro atoms. The Labute approximate surface area is 94.5 Å². The van der Waals surface area contributed by atoms with Gasteiger partial charge in [-0.25, -0.2) is 9.97 Å². The summed E-state index contributed by atoms with van der Waals surface area (Å²) in [4.78, 5) is 7.86. The molecule has 0 fully saturated rings. The summed E-state index contributed by atoms with van der Waals surface area (Å²) in [6.07, 6.45) is 1.80. The molecule has 1 atom stereocenters. The van der Waals surface area contributed by atoms with Crippen molar-refractivity contribution in [3.8, 4) is 11.9 Å². The van der Waals surface area contributed by atoms with Gasteiger partial charge in [-0.2, -0.15) is 5.26 Å². The summed E-state index contributed by atoms with van der Waals surface area (Å²) in [5, 5.41) is 11.7. The van der Waals surface area contributed by atoms with Crippen LogP contribution in [0.1, 0.15) is 18.9 Å². The maximum absolute atomic E-state index is 8.53. The lowest BCUT2D eigenvalue weighted by molar-refractivity contribution is 0.388. The van der Waals surface area contributed by atoms with Crippen LogP contribution in [0.2, 0.25) is 0 Å². The minimum absolute atomic E-state index is 0.0920. The molecular weight excluding hydrogens is 206 g/mol. The lowest BCUT2D eigenvalue weighted by Crippen LogP contribution is -2.26. The third-order valence-electron chi connectivity index (χ3n) is 2.16. The summed E-state index contributed by atoms with van der Waals surface area (Å²) in [5.74, 6) is 0.854. The van der Waals surface area contributed by atoms with E-state index in [9.17, 15) is 0 Å². The fraction of sp³-hybridized carbons (Fsp3) is 0.500. The van der Waals surface area contributed by atoms with E-state index < -0.39 is 0 Å². The van der Waals surface area contributed by atoms with Gasteiger partial charge in [-0.3, -0.25) is 0 Å². The van der Waals surface area contributed by atoms with Crippen molar-refractivity contribution in [1.82, 2.24) is 15.3 Å². The van der Waals surface area contributed by atoms with Gasteiger partial charge in [0.1, 0.15) is 12.1 Å². The van der Waals surface area contributed by atoms with E-state index in [1.807, 2.05) is 6.92 Å². The molecule has 16 heavy (non-hydrogen) atoms. The summed E-state index contributed by atoms with van der Waals surface area (Å²) < 4.78 is 5.08. The topological polar surface area (TPSA) is 96.8 Å². The second-order valence-electron chi connectivity index (χ2n) is 3.39. The zero-order valence-electron chi connectivity index (χ0n) is 9.40. The Morgan fingerprint density at radius 1 is 1.62 bits per heavy atom. The normalized spacial score (nSPS) is 11.8. The van der Waals surface area contributed by atoms with Crippen molar-refractivity contribution in [2.75, 3.05) is 12.8 Å². The maximum atomic E-state index is 8.53. The molecule has 1 heterocycles. The van der Waals surface area contributed by atoms with E-state index in [0.29, 0.717) is 24.7 Å². The highest BCUT2D eigenvalue weighted by Crippen LogP contribution is 2.18. The molecule has 0 bridgehead atoms. The minimum Gasteiger partial charge on any atom is -0.481 e. The van der Waals surface area contributed by atoms with E-state index in [0.717, 1.165) is 5.56 Å². The van der Waals surface area contributed by atoms with Crippen molar-refractivity contribution >= 4 is 5.82 Å². The van der Waals surface area contributed by atoms with E-state index >= 15 is 0 Å². The predicted octanol–water partition coefficient (Wildman–Crippen LogP) is 0.459. The molecule has 3 N–H and O–H groups in total. The summed E-state index contributed by atoms with van der Waals surface area (Å²) in [6, 6.07) is 2.18. The average molecular weight is 221 g/mol. The van der Waals surface area contributed by atoms with Gasteiger partial charge in [0.25, 0.3) is 0 Å². The fourth-order valence-corrected chi connectivity index (χ4v) is 1.24. The van der Waals surface area contributed by atoms with E-state index in [1.54, 1.807) is 0 Å². The van der Waals surface area contributed by atoms with Gasteiger partial charge in [0.05, 0.1) is 25.2 Å². The van der Waals surface area contributed by atoms with Crippen molar-refractivity contribution in [2.45, 2.75) is 25.9 Å². The number of nitrogens with one attached hydrogen (secondary N) is 1. The average Bonchev–Trinajstić information content (AvgIpc) is 2.27. The van der Waals surface area contributed by atoms with Crippen molar-refractivity contribution < 1.29 is 4.74 Å². The monoisotopic (exact) mass is 221 g/mol. The first-order valence-electron chi connectivity index (χ1n) is 4.92. The van der Waals surface area contributed by atoms with Gasteiger partial charge >= 0.3 is 0 Å². The first-order valence-corrected chi connectivity index (χ1v) is 4.92. The Bertz CT molecular complexity index is 387. The van der Waals surface area contributed by atoms with Crippen LogP contribution in [-0.2, 0) is 6.54 Å². The summed E-state index contributed by atoms with van der Waals surface area (Å²) in [6.45, 7) is 2.41. The molecule has 86 valence electrons. The Morgan fingerprint density at radius 2 is 2.38 bits per heavy atom. The quantitative estimate of drug-likeness (QED) is 0.749. The van der Waals surface area contributed by atoms with Gasteiger partial charge in [-0.15, -0.1) is 0 Å². The van der Waals surface area contributed by atoms with Gasteiger partial charge in [0, 0.05) is 12.6 Å². The Balaban J connectivity index is 2.69. The second-order valence-corrected chi connectivity index (χ2v) is 3.39. The Kier molecular flexibility index (Phi) is 4.48. The lowest BCUT2D eigenvalue weighted by atomic mass is 10.2. The minimum atomic E-state index is 0.0920. The molecule has 1 aromatic heterocycles. The summed E-state index contributed by atoms with van der Waals surface area (Å²) in [5.41, 5.74) is 6.44. The number of nitrogens with zero attached hydrogens (tertiary/aromatic N) is 3. The van der Waals surface area contributed by atoms with Crippen LogP contribution in [0.15, 0.2) is 6.33 Å². The molecule has 0 radical (unpaired) electrons. The highest BCUT2D eigenvalue weighted by Gasteiger charge is 2.10. The number of rotatable bonds is 5. The number of nitriles is 1. The van der Waals surface area contributed by atoms with Crippen LogP contribution in [0.3, 0.4) is 0 Å². The molecule has 6 heteroatoms. The van der Waals surface area contributed by atoms with Crippen LogP contribution in [0.4, 0.5) is 5.82 Å². The summed E-state index contributed by atoms with van der Waals surface area (Å²) in [7, 11) is 1.53. The molecule has 0 saturated carbocycles. The number of hydrogen-bond acceptors (Lipinski definition) is 6. The van der Waals surface area contributed by atoms with E-state index in [4.69, 9.17) is 15.7 Å². The van der Waals surface area contributed by atoms with Crippen molar-refractivity contribution in [3.63, 3.8) is 0 Å². The highest BCUT2D eigenvalue weighted by atomic mass is 16.5. The first kappa shape index (κ1) is 12.2. The molecule has 6 nitrogen and oxygen atoms in total. The molecule has 0 aliphatic rings. The number of nitrogen functional groups attached to an aromatic ring is 1. The van der Waals surface area contributed by atoms with Gasteiger partial charge in [-0.05, 0) is 6.92 Å². The fourth-order valence-electron chi connectivity index (χ4n) is 1.24. The number of nitrogens with two attached hydrogens (primary N) is 1. The predicted molar refractivity (Wildman–Crippen MR) is 59.5 cm³/mol. The number of aromatic nitrogens is 2. The van der Waals surface area contributed by atoms with E-state index in [2.05, 4.69) is 21.4 Å². The Morgan fingerprint density at radius 3 is 3.00 bits per heavy atom. The van der Waals surface area contributed by atoms with Gasteiger partial charge in [-0.1, -0.05) is 0 Å². The number of hydrogen-bond donors (Lipinski definition) is 2. The molecule has 1 rings (SSSR count). The maximum Gasteiger partial charge on any atom is 0.222 e. The molecule has 0 aliphatic heterocycles. The van der Waals surface area contributed by atoms with Crippen LogP contribution < -0.4 is 15.8 Å². The number of methoxy groups -OCH3 is 1. The van der Waals surface area contributed by atoms with Crippen molar-refractivity contribution in [3.05, 3.63) is 11.9 Å². The molecule has 0 amide bonds. The zero-order valence-corrected chi connectivity index (χ0v) is 9.40. The van der Waals surface area contributed by atoms with E-state index in [-0.39, 0.29) is 6.04 Å². The van der Waals surface area contributed by atoms with E-state index in [1.165, 1.54) is 13.4 Å². The molecule has 1 unspecified atom stereocenters. The van der Waals surface area contributed by atoms with Crippen LogP contribution in [-0.4, -0.2) is 23.1 Å². The number of ether oxygens (including phenoxy) is 1. The van der Waals surface area contributed by atoms with Gasteiger partial charge in [0.2, 0.25) is 5.88 Å². The molecule has 0 saturated heterocycles. The van der Waals surface area contributed by atoms with Gasteiger partial charge < -0.3 is 15.8 Å². The highest BCUT2D eigenvalue weighted by molar-refractivity contribution is 5.44. The van der Waals surface area contributed by atoms with Crippen molar-refractivity contribution in [1.29, 1.82) is 5.26 Å². The summed E-state index contributed by atoms with van der Waals surface area (Å²) >= 11 is 0. The third-order valence-corrected chi connectivity index (χ3v) is 2.16. The third kappa shape index (κ3) is 3.07. The van der Waals surface area contributed by atoms with Crippen LogP contribution in [0.25, 0.3) is 0 Å². The molecule has 1 aromatic rings. The van der Waals surface area contributed by atoms with Crippen molar-refractivity contribution in [2.24, 2.45) is 0 Å². The SMILES string of the molecule is COc1ncnc(N)c1CNC(C)CC#N. The van der Waals surface area contributed by atoms with Crippen LogP contribution >= 0.6 is 0 Å². The second kappa shape index (κ2) is 5.88. The number of anilines is 1. The molecular formula is C10H15N5O. The van der Waals surface area contributed by atoms with Crippen LogP contribution in [0.5, 0.6) is 5.88 Å². The standard InChI is InChI=1S/C10H15N5O/c1-7(3-4-11)13-5-8-9(12)14-6-15-10(8)16-2/h6-7,13H,3,5H2,1-2H3,(H2,12,14,15). The zero-order chi connectivity index (χ0) is 12.0. The lowest BCUT2D eigenvalue weighted by Gasteiger charge is -2.13. The molecule has 0 aromatic carbocycles. The van der Waals surface area contributed by atoms with Gasteiger partial charge in [0.15, 0.2) is 0 Å². The molecule has 0 aliphatic carbocycles. The largest absolute Gasteiger partial charge is 0.481 e. The van der Waals surface area contributed by atoms with Crippen LogP contribution in [0, 0.1) is 11.3 Å².